The summed E-state index contributed by atoms with van der Waals surface area (Å²) in [6, 6.07) is 18.7. The maximum atomic E-state index is 13.0. The zero-order chi connectivity index (χ0) is 19.5. The van der Waals surface area contributed by atoms with Crippen molar-refractivity contribution in [1.29, 1.82) is 0 Å². The Labute approximate surface area is 179 Å². The number of hydrogen-bond donors (Lipinski definition) is 1. The molecule has 2 fully saturated rings. The van der Waals surface area contributed by atoms with Crippen molar-refractivity contribution in [1.82, 2.24) is 4.90 Å². The van der Waals surface area contributed by atoms with E-state index in [1.54, 1.807) is 0 Å². The van der Waals surface area contributed by atoms with Gasteiger partial charge in [0.25, 0.3) is 0 Å². The van der Waals surface area contributed by atoms with Crippen molar-refractivity contribution in [3.05, 3.63) is 65.7 Å². The lowest BCUT2D eigenvalue weighted by molar-refractivity contribution is -0.136. The van der Waals surface area contributed by atoms with Crippen molar-refractivity contribution in [3.63, 3.8) is 0 Å². The molecule has 2 aliphatic rings. The molecule has 0 spiro atoms. The maximum absolute atomic E-state index is 13.0. The number of rotatable bonds is 6. The molecule has 2 aromatic rings. The molecule has 1 aliphatic heterocycles. The van der Waals surface area contributed by atoms with E-state index in [-0.39, 0.29) is 30.4 Å². The zero-order valence-electron chi connectivity index (χ0n) is 17.0. The van der Waals surface area contributed by atoms with Gasteiger partial charge in [-0.15, -0.1) is 12.4 Å². The summed E-state index contributed by atoms with van der Waals surface area (Å²) in [5, 5.41) is 0. The SMILES string of the molecule is CC(N)C1CCCCN1C(=O)C1CC1c1ccc(OCc2ccccc2)cc1.Cl. The van der Waals surface area contributed by atoms with Gasteiger partial charge in [-0.25, -0.2) is 0 Å². The van der Waals surface area contributed by atoms with E-state index in [9.17, 15) is 4.79 Å². The van der Waals surface area contributed by atoms with E-state index in [1.165, 1.54) is 12.0 Å². The standard InChI is InChI=1S/C24H30N2O2.ClH/c1-17(25)23-9-5-6-14-26(23)24(27)22-15-21(22)19-10-12-20(13-11-19)28-16-18-7-3-2-4-8-18;/h2-4,7-8,10-13,17,21-23H,5-6,9,14-16,25H2,1H3;1H. The summed E-state index contributed by atoms with van der Waals surface area (Å²) in [5.74, 6) is 1.63. The van der Waals surface area contributed by atoms with E-state index in [2.05, 4.69) is 29.2 Å². The number of carbonyl (C=O) groups excluding carboxylic acids is 1. The first-order valence-electron chi connectivity index (χ1n) is 10.5. The van der Waals surface area contributed by atoms with Crippen LogP contribution in [0.4, 0.5) is 0 Å². The molecule has 1 saturated carbocycles. The Hall–Kier alpha value is -2.04. The highest BCUT2D eigenvalue weighted by molar-refractivity contribution is 5.85. The summed E-state index contributed by atoms with van der Waals surface area (Å²) in [6.45, 7) is 3.45. The van der Waals surface area contributed by atoms with Crippen molar-refractivity contribution < 1.29 is 9.53 Å². The molecule has 29 heavy (non-hydrogen) atoms. The van der Waals surface area contributed by atoms with E-state index in [1.807, 2.05) is 37.3 Å². The molecule has 1 saturated heterocycles. The van der Waals surface area contributed by atoms with Crippen LogP contribution in [0, 0.1) is 5.92 Å². The quantitative estimate of drug-likeness (QED) is 0.756. The van der Waals surface area contributed by atoms with Crippen LogP contribution < -0.4 is 10.5 Å². The van der Waals surface area contributed by atoms with Crippen molar-refractivity contribution in [2.45, 2.75) is 57.2 Å². The Morgan fingerprint density at radius 3 is 2.55 bits per heavy atom. The van der Waals surface area contributed by atoms with Gasteiger partial charge in [0.1, 0.15) is 12.4 Å². The van der Waals surface area contributed by atoms with Gasteiger partial charge in [0.05, 0.1) is 0 Å². The van der Waals surface area contributed by atoms with E-state index >= 15 is 0 Å². The van der Waals surface area contributed by atoms with Crippen molar-refractivity contribution >= 4 is 18.3 Å². The third-order valence-corrected chi connectivity index (χ3v) is 6.10. The Kier molecular flexibility index (Phi) is 7.20. The normalized spacial score (nSPS) is 24.3. The van der Waals surface area contributed by atoms with Crippen molar-refractivity contribution in [2.75, 3.05) is 6.54 Å². The molecule has 2 N–H and O–H groups in total. The molecular formula is C24H31ClN2O2. The van der Waals surface area contributed by atoms with Crippen LogP contribution in [0.3, 0.4) is 0 Å². The topological polar surface area (TPSA) is 55.6 Å². The number of nitrogens with two attached hydrogens (primary N) is 1. The van der Waals surface area contributed by atoms with Gasteiger partial charge in [-0.1, -0.05) is 42.5 Å². The summed E-state index contributed by atoms with van der Waals surface area (Å²) in [6.07, 6.45) is 4.26. The third-order valence-electron chi connectivity index (χ3n) is 6.10. The number of piperidine rings is 1. The Bertz CT molecular complexity index is 794. The van der Waals surface area contributed by atoms with Crippen LogP contribution in [-0.4, -0.2) is 29.4 Å². The molecular weight excluding hydrogens is 384 g/mol. The molecule has 4 rings (SSSR count). The molecule has 4 atom stereocenters. The fraction of sp³-hybridized carbons (Fsp3) is 0.458. The summed E-state index contributed by atoms with van der Waals surface area (Å²) in [5.41, 5.74) is 8.53. The highest BCUT2D eigenvalue weighted by atomic mass is 35.5. The van der Waals surface area contributed by atoms with Crippen LogP contribution >= 0.6 is 12.4 Å². The number of benzene rings is 2. The first-order valence-corrected chi connectivity index (χ1v) is 10.5. The lowest BCUT2D eigenvalue weighted by atomic mass is 9.96. The average molecular weight is 415 g/mol. The molecule has 5 heteroatoms. The summed E-state index contributed by atoms with van der Waals surface area (Å²) >= 11 is 0. The molecule has 0 aromatic heterocycles. The predicted octanol–water partition coefficient (Wildman–Crippen LogP) is 4.52. The van der Waals surface area contributed by atoms with Crippen LogP contribution in [0.15, 0.2) is 54.6 Å². The zero-order valence-corrected chi connectivity index (χ0v) is 17.8. The first kappa shape index (κ1) is 21.7. The van der Waals surface area contributed by atoms with Gasteiger partial charge in [-0.05, 0) is 61.8 Å². The number of ether oxygens (including phenoxy) is 1. The lowest BCUT2D eigenvalue weighted by Gasteiger charge is -2.38. The molecule has 1 amide bonds. The van der Waals surface area contributed by atoms with E-state index < -0.39 is 0 Å². The Morgan fingerprint density at radius 1 is 1.14 bits per heavy atom. The Morgan fingerprint density at radius 2 is 1.86 bits per heavy atom. The second-order valence-corrected chi connectivity index (χ2v) is 8.25. The van der Waals surface area contributed by atoms with Gasteiger partial charge in [0.15, 0.2) is 0 Å². The fourth-order valence-electron chi connectivity index (χ4n) is 4.38. The minimum Gasteiger partial charge on any atom is -0.489 e. The number of amides is 1. The number of nitrogens with zero attached hydrogens (tertiary/aromatic N) is 1. The monoisotopic (exact) mass is 414 g/mol. The minimum atomic E-state index is 0. The Balaban J connectivity index is 0.00000240. The first-order chi connectivity index (χ1) is 13.6. The number of halogens is 1. The van der Waals surface area contributed by atoms with E-state index in [0.717, 1.165) is 37.1 Å². The smallest absolute Gasteiger partial charge is 0.226 e. The van der Waals surface area contributed by atoms with E-state index in [4.69, 9.17) is 10.5 Å². The summed E-state index contributed by atoms with van der Waals surface area (Å²) in [4.78, 5) is 15.1. The number of hydrogen-bond acceptors (Lipinski definition) is 3. The van der Waals surface area contributed by atoms with Crippen LogP contribution in [-0.2, 0) is 11.4 Å². The van der Waals surface area contributed by atoms with Crippen molar-refractivity contribution in [2.24, 2.45) is 11.7 Å². The predicted molar refractivity (Wildman–Crippen MR) is 118 cm³/mol. The highest BCUT2D eigenvalue weighted by Gasteiger charge is 2.47. The molecule has 0 bridgehead atoms. The largest absolute Gasteiger partial charge is 0.489 e. The fourth-order valence-corrected chi connectivity index (χ4v) is 4.38. The third kappa shape index (κ3) is 5.12. The molecule has 1 aliphatic carbocycles. The van der Waals surface area contributed by atoms with Gasteiger partial charge in [0.2, 0.25) is 5.91 Å². The van der Waals surface area contributed by atoms with E-state index in [0.29, 0.717) is 18.4 Å². The van der Waals surface area contributed by atoms with Gasteiger partial charge < -0.3 is 15.4 Å². The molecule has 2 aromatic carbocycles. The molecule has 4 nitrogen and oxygen atoms in total. The average Bonchev–Trinajstić information content (AvgIpc) is 3.54. The van der Waals surface area contributed by atoms with Gasteiger partial charge in [0, 0.05) is 24.5 Å². The van der Waals surface area contributed by atoms with Crippen LogP contribution in [0.25, 0.3) is 0 Å². The molecule has 0 radical (unpaired) electrons. The summed E-state index contributed by atoms with van der Waals surface area (Å²) < 4.78 is 5.87. The number of carbonyl (C=O) groups is 1. The van der Waals surface area contributed by atoms with Crippen LogP contribution in [0.1, 0.15) is 49.7 Å². The second-order valence-electron chi connectivity index (χ2n) is 8.25. The second kappa shape index (κ2) is 9.64. The highest BCUT2D eigenvalue weighted by Crippen LogP contribution is 2.49. The molecule has 156 valence electrons. The van der Waals surface area contributed by atoms with Crippen molar-refractivity contribution in [3.8, 4) is 5.75 Å². The maximum Gasteiger partial charge on any atom is 0.226 e. The summed E-state index contributed by atoms with van der Waals surface area (Å²) in [7, 11) is 0. The molecule has 4 unspecified atom stereocenters. The number of likely N-dealkylation sites (tertiary alicyclic amines) is 1. The van der Waals surface area contributed by atoms with Crippen LogP contribution in [0.2, 0.25) is 0 Å². The van der Waals surface area contributed by atoms with Gasteiger partial charge in [-0.3, -0.25) is 4.79 Å². The molecule has 1 heterocycles. The van der Waals surface area contributed by atoms with Gasteiger partial charge in [-0.2, -0.15) is 0 Å². The minimum absolute atomic E-state index is 0. The van der Waals surface area contributed by atoms with Crippen LogP contribution in [0.5, 0.6) is 5.75 Å². The van der Waals surface area contributed by atoms with Gasteiger partial charge >= 0.3 is 0 Å². The lowest BCUT2D eigenvalue weighted by Crippen LogP contribution is -2.52.